The van der Waals surface area contributed by atoms with Gasteiger partial charge in [0, 0.05) is 43.6 Å². The number of urea groups is 1. The molecule has 0 saturated heterocycles. The molecule has 0 fully saturated rings. The van der Waals surface area contributed by atoms with Gasteiger partial charge in [-0.2, -0.15) is 0 Å². The molecule has 33 heavy (non-hydrogen) atoms. The van der Waals surface area contributed by atoms with Crippen LogP contribution in [0.3, 0.4) is 0 Å². The van der Waals surface area contributed by atoms with Crippen molar-refractivity contribution in [1.29, 1.82) is 0 Å². The van der Waals surface area contributed by atoms with Crippen molar-refractivity contribution in [3.8, 4) is 5.75 Å². The topological polar surface area (TPSA) is 56.8 Å². The smallest absolute Gasteiger partial charge is 0.319 e. The largest absolute Gasteiger partial charge is 0.495 e. The van der Waals surface area contributed by atoms with Crippen LogP contribution in [0.1, 0.15) is 17.2 Å². The van der Waals surface area contributed by atoms with Crippen molar-refractivity contribution >= 4 is 34.7 Å². The van der Waals surface area contributed by atoms with Crippen molar-refractivity contribution in [3.63, 3.8) is 0 Å². The standard InChI is InChI=1S/C26H29ClN4O2/c1-30(2)21-11-8-19(9-12-21)24(31-15-14-18-6-4-5-7-23(18)31)17-28-26(32)29-22-16-20(27)10-13-25(22)33-3/h4-13,16,24H,14-15,17H2,1-3H3,(H2,28,29,32). The molecular formula is C26H29ClN4O2. The summed E-state index contributed by atoms with van der Waals surface area (Å²) in [7, 11) is 5.61. The van der Waals surface area contributed by atoms with Crippen molar-refractivity contribution in [3.05, 3.63) is 82.9 Å². The Labute approximate surface area is 200 Å². The van der Waals surface area contributed by atoms with Crippen LogP contribution in [0.15, 0.2) is 66.7 Å². The molecule has 0 bridgehead atoms. The average molecular weight is 465 g/mol. The van der Waals surface area contributed by atoms with E-state index in [0.29, 0.717) is 23.0 Å². The number of methoxy groups -OCH3 is 1. The van der Waals surface area contributed by atoms with Gasteiger partial charge in [0.2, 0.25) is 0 Å². The number of ether oxygens (including phenoxy) is 1. The quantitative estimate of drug-likeness (QED) is 0.495. The number of carbonyl (C=O) groups excluding carboxylic acids is 1. The molecule has 7 heteroatoms. The minimum Gasteiger partial charge on any atom is -0.495 e. The van der Waals surface area contributed by atoms with Crippen LogP contribution in [0.25, 0.3) is 0 Å². The molecule has 2 N–H and O–H groups in total. The van der Waals surface area contributed by atoms with Gasteiger partial charge in [0.1, 0.15) is 5.75 Å². The minimum absolute atomic E-state index is 0.00290. The summed E-state index contributed by atoms with van der Waals surface area (Å²) in [5.41, 5.74) is 5.37. The Hall–Kier alpha value is -3.38. The van der Waals surface area contributed by atoms with E-state index in [-0.39, 0.29) is 12.1 Å². The third-order valence-electron chi connectivity index (χ3n) is 5.96. The number of para-hydroxylation sites is 1. The molecule has 0 radical (unpaired) electrons. The fraction of sp³-hybridized carbons (Fsp3) is 0.269. The highest BCUT2D eigenvalue weighted by atomic mass is 35.5. The maximum Gasteiger partial charge on any atom is 0.319 e. The minimum atomic E-state index is -0.307. The molecule has 1 aliphatic rings. The maximum atomic E-state index is 12.8. The van der Waals surface area contributed by atoms with Crippen LogP contribution in [-0.2, 0) is 6.42 Å². The number of hydrogen-bond donors (Lipinski definition) is 2. The first-order valence-electron chi connectivity index (χ1n) is 11.0. The zero-order valence-corrected chi connectivity index (χ0v) is 19.9. The van der Waals surface area contributed by atoms with Crippen LogP contribution in [0.5, 0.6) is 5.75 Å². The number of hydrogen-bond acceptors (Lipinski definition) is 4. The van der Waals surface area contributed by atoms with E-state index >= 15 is 0 Å². The lowest BCUT2D eigenvalue weighted by Gasteiger charge is -2.31. The average Bonchev–Trinajstić information content (AvgIpc) is 3.24. The molecule has 172 valence electrons. The van der Waals surface area contributed by atoms with Gasteiger partial charge in [0.05, 0.1) is 18.8 Å². The van der Waals surface area contributed by atoms with Gasteiger partial charge in [-0.05, 0) is 53.9 Å². The van der Waals surface area contributed by atoms with E-state index < -0.39 is 0 Å². The van der Waals surface area contributed by atoms with Crippen LogP contribution in [0.2, 0.25) is 5.02 Å². The predicted molar refractivity (Wildman–Crippen MR) is 136 cm³/mol. The molecule has 1 unspecified atom stereocenters. The zero-order valence-electron chi connectivity index (χ0n) is 19.1. The van der Waals surface area contributed by atoms with E-state index in [4.69, 9.17) is 16.3 Å². The van der Waals surface area contributed by atoms with Crippen molar-refractivity contribution < 1.29 is 9.53 Å². The molecule has 0 aliphatic carbocycles. The summed E-state index contributed by atoms with van der Waals surface area (Å²) in [6.45, 7) is 1.36. The van der Waals surface area contributed by atoms with Crippen molar-refractivity contribution in [2.75, 3.05) is 49.4 Å². The number of amides is 2. The van der Waals surface area contributed by atoms with Crippen molar-refractivity contribution in [2.24, 2.45) is 0 Å². The highest BCUT2D eigenvalue weighted by molar-refractivity contribution is 6.31. The van der Waals surface area contributed by atoms with Crippen LogP contribution >= 0.6 is 11.6 Å². The Bertz CT molecular complexity index is 1120. The fourth-order valence-corrected chi connectivity index (χ4v) is 4.40. The Morgan fingerprint density at radius 1 is 1.12 bits per heavy atom. The monoisotopic (exact) mass is 464 g/mol. The molecular weight excluding hydrogens is 436 g/mol. The van der Waals surface area contributed by atoms with Gasteiger partial charge >= 0.3 is 6.03 Å². The van der Waals surface area contributed by atoms with Gasteiger partial charge in [0.25, 0.3) is 0 Å². The lowest BCUT2D eigenvalue weighted by atomic mass is 10.0. The molecule has 1 atom stereocenters. The van der Waals surface area contributed by atoms with Crippen molar-refractivity contribution in [2.45, 2.75) is 12.5 Å². The van der Waals surface area contributed by atoms with Crippen LogP contribution in [0, 0.1) is 0 Å². The van der Waals surface area contributed by atoms with Gasteiger partial charge in [-0.15, -0.1) is 0 Å². The molecule has 2 amide bonds. The molecule has 4 rings (SSSR count). The lowest BCUT2D eigenvalue weighted by Crippen LogP contribution is -2.39. The second-order valence-electron chi connectivity index (χ2n) is 8.25. The number of rotatable bonds is 7. The molecule has 0 spiro atoms. The van der Waals surface area contributed by atoms with Gasteiger partial charge in [0.15, 0.2) is 0 Å². The Kier molecular flexibility index (Phi) is 6.94. The van der Waals surface area contributed by atoms with E-state index in [0.717, 1.165) is 24.2 Å². The first-order valence-corrected chi connectivity index (χ1v) is 11.3. The van der Waals surface area contributed by atoms with E-state index in [2.05, 4.69) is 69.0 Å². The summed E-state index contributed by atoms with van der Waals surface area (Å²) in [6.07, 6.45) is 0.994. The number of nitrogens with one attached hydrogen (secondary N) is 2. The lowest BCUT2D eigenvalue weighted by molar-refractivity contribution is 0.251. The van der Waals surface area contributed by atoms with Crippen molar-refractivity contribution in [1.82, 2.24) is 5.32 Å². The van der Waals surface area contributed by atoms with Gasteiger partial charge in [-0.1, -0.05) is 41.9 Å². The molecule has 6 nitrogen and oxygen atoms in total. The summed E-state index contributed by atoms with van der Waals surface area (Å²) in [5.74, 6) is 0.554. The Morgan fingerprint density at radius 2 is 1.88 bits per heavy atom. The number of benzene rings is 3. The van der Waals surface area contributed by atoms with E-state index in [1.807, 2.05) is 14.1 Å². The predicted octanol–water partition coefficient (Wildman–Crippen LogP) is 5.34. The fourth-order valence-electron chi connectivity index (χ4n) is 4.22. The number of fused-ring (bicyclic) bond motifs is 1. The summed E-state index contributed by atoms with van der Waals surface area (Å²) < 4.78 is 5.33. The van der Waals surface area contributed by atoms with Crippen LogP contribution < -0.4 is 25.2 Å². The third kappa shape index (κ3) is 5.17. The molecule has 1 aliphatic heterocycles. The van der Waals surface area contributed by atoms with Crippen LogP contribution in [0.4, 0.5) is 21.9 Å². The molecule has 0 aromatic heterocycles. The summed E-state index contributed by atoms with van der Waals surface area (Å²) in [5, 5.41) is 6.43. The van der Waals surface area contributed by atoms with Gasteiger partial charge in [-0.25, -0.2) is 4.79 Å². The summed E-state index contributed by atoms with van der Waals surface area (Å²) in [6, 6.07) is 21.8. The van der Waals surface area contributed by atoms with Crippen LogP contribution in [-0.4, -0.2) is 40.3 Å². The molecule has 1 heterocycles. The molecule has 0 saturated carbocycles. The third-order valence-corrected chi connectivity index (χ3v) is 6.19. The van der Waals surface area contributed by atoms with E-state index in [9.17, 15) is 4.79 Å². The van der Waals surface area contributed by atoms with Gasteiger partial charge in [-0.3, -0.25) is 0 Å². The Balaban J connectivity index is 1.54. The number of halogens is 1. The zero-order chi connectivity index (χ0) is 23.4. The number of nitrogens with zero attached hydrogens (tertiary/aromatic N) is 2. The second-order valence-corrected chi connectivity index (χ2v) is 8.69. The Morgan fingerprint density at radius 3 is 2.61 bits per heavy atom. The SMILES string of the molecule is COc1ccc(Cl)cc1NC(=O)NCC(c1ccc(N(C)C)cc1)N1CCc2ccccc21. The van der Waals surface area contributed by atoms with E-state index in [1.165, 1.54) is 11.3 Å². The first kappa shape index (κ1) is 22.8. The highest BCUT2D eigenvalue weighted by Gasteiger charge is 2.27. The summed E-state index contributed by atoms with van der Waals surface area (Å²) >= 11 is 6.10. The highest BCUT2D eigenvalue weighted by Crippen LogP contribution is 2.35. The number of anilines is 3. The van der Waals surface area contributed by atoms with Gasteiger partial charge < -0.3 is 25.2 Å². The number of carbonyl (C=O) groups is 1. The van der Waals surface area contributed by atoms with E-state index in [1.54, 1.807) is 25.3 Å². The first-order chi connectivity index (χ1) is 16.0. The normalized spacial score (nSPS) is 13.3. The second kappa shape index (κ2) is 10.0. The maximum absolute atomic E-state index is 12.8. The summed E-state index contributed by atoms with van der Waals surface area (Å²) in [4.78, 5) is 17.2. The molecule has 3 aromatic carbocycles. The molecule has 3 aromatic rings.